The number of aliphatic hydroxyl groups excluding tert-OH is 1. The van der Waals surface area contributed by atoms with Gasteiger partial charge in [0.25, 0.3) is 0 Å². The van der Waals surface area contributed by atoms with Gasteiger partial charge < -0.3 is 14.9 Å². The zero-order valence-electron chi connectivity index (χ0n) is 11.0. The van der Waals surface area contributed by atoms with Gasteiger partial charge in [-0.25, -0.2) is 0 Å². The standard InChI is InChI=1S/C12H21N3O3/c1-3-4-10-14-12(18-15-10)6-5-11(17)13-7-9(2)8-16/h9,16H,3-8H2,1-2H3,(H,13,17). The first-order chi connectivity index (χ1) is 8.65. The molecule has 0 aromatic carbocycles. The van der Waals surface area contributed by atoms with Crippen LogP contribution in [0.5, 0.6) is 0 Å². The summed E-state index contributed by atoms with van der Waals surface area (Å²) in [5.41, 5.74) is 0. The van der Waals surface area contributed by atoms with E-state index >= 15 is 0 Å². The zero-order chi connectivity index (χ0) is 13.4. The van der Waals surface area contributed by atoms with Crippen LogP contribution < -0.4 is 5.32 Å². The predicted molar refractivity (Wildman–Crippen MR) is 65.9 cm³/mol. The van der Waals surface area contributed by atoms with Crippen molar-refractivity contribution >= 4 is 5.91 Å². The number of hydrogen-bond acceptors (Lipinski definition) is 5. The van der Waals surface area contributed by atoms with E-state index in [2.05, 4.69) is 15.5 Å². The van der Waals surface area contributed by atoms with Gasteiger partial charge in [-0.2, -0.15) is 4.98 Å². The van der Waals surface area contributed by atoms with Gasteiger partial charge in [0.2, 0.25) is 11.8 Å². The molecule has 1 unspecified atom stereocenters. The maximum Gasteiger partial charge on any atom is 0.227 e. The molecule has 1 rings (SSSR count). The summed E-state index contributed by atoms with van der Waals surface area (Å²) in [5.74, 6) is 1.21. The van der Waals surface area contributed by atoms with Crippen LogP contribution in [0, 0.1) is 5.92 Å². The van der Waals surface area contributed by atoms with Crippen molar-refractivity contribution in [2.45, 2.75) is 39.5 Å². The highest BCUT2D eigenvalue weighted by molar-refractivity contribution is 5.75. The lowest BCUT2D eigenvalue weighted by molar-refractivity contribution is -0.121. The van der Waals surface area contributed by atoms with Crippen LogP contribution in [0.2, 0.25) is 0 Å². The number of aliphatic hydroxyl groups is 1. The summed E-state index contributed by atoms with van der Waals surface area (Å²) < 4.78 is 5.03. The topological polar surface area (TPSA) is 88.2 Å². The lowest BCUT2D eigenvalue weighted by Gasteiger charge is -2.08. The van der Waals surface area contributed by atoms with Crippen LogP contribution in [0.4, 0.5) is 0 Å². The molecular weight excluding hydrogens is 234 g/mol. The minimum atomic E-state index is -0.0643. The van der Waals surface area contributed by atoms with Crippen LogP contribution in [-0.2, 0) is 17.6 Å². The fraction of sp³-hybridized carbons (Fsp3) is 0.750. The Bertz CT molecular complexity index is 365. The fourth-order valence-electron chi connectivity index (χ4n) is 1.38. The summed E-state index contributed by atoms with van der Waals surface area (Å²) >= 11 is 0. The molecule has 1 heterocycles. The number of carbonyl (C=O) groups excluding carboxylic acids is 1. The third-order valence-corrected chi connectivity index (χ3v) is 2.51. The van der Waals surface area contributed by atoms with Crippen molar-refractivity contribution in [3.05, 3.63) is 11.7 Å². The molecule has 1 atom stereocenters. The first kappa shape index (κ1) is 14.6. The van der Waals surface area contributed by atoms with E-state index in [-0.39, 0.29) is 18.4 Å². The molecule has 0 aliphatic rings. The van der Waals surface area contributed by atoms with Gasteiger partial charge in [0, 0.05) is 32.4 Å². The van der Waals surface area contributed by atoms with E-state index in [1.54, 1.807) is 0 Å². The maximum absolute atomic E-state index is 11.5. The van der Waals surface area contributed by atoms with Gasteiger partial charge in [-0.1, -0.05) is 19.0 Å². The number of nitrogens with zero attached hydrogens (tertiary/aromatic N) is 2. The highest BCUT2D eigenvalue weighted by atomic mass is 16.5. The smallest absolute Gasteiger partial charge is 0.227 e. The molecule has 0 fully saturated rings. The van der Waals surface area contributed by atoms with Gasteiger partial charge in [0.05, 0.1) is 0 Å². The molecule has 0 spiro atoms. The molecule has 0 bridgehead atoms. The second-order valence-corrected chi connectivity index (χ2v) is 4.45. The van der Waals surface area contributed by atoms with E-state index in [1.165, 1.54) is 0 Å². The second-order valence-electron chi connectivity index (χ2n) is 4.45. The normalized spacial score (nSPS) is 12.4. The molecule has 1 aromatic rings. The zero-order valence-corrected chi connectivity index (χ0v) is 11.0. The third-order valence-electron chi connectivity index (χ3n) is 2.51. The van der Waals surface area contributed by atoms with E-state index in [0.29, 0.717) is 31.1 Å². The second kappa shape index (κ2) is 7.81. The van der Waals surface area contributed by atoms with E-state index in [4.69, 9.17) is 9.63 Å². The van der Waals surface area contributed by atoms with Gasteiger partial charge in [0.15, 0.2) is 5.82 Å². The lowest BCUT2D eigenvalue weighted by atomic mass is 10.2. The molecule has 6 heteroatoms. The summed E-state index contributed by atoms with van der Waals surface area (Å²) in [5, 5.41) is 15.4. The van der Waals surface area contributed by atoms with Crippen LogP contribution in [0.3, 0.4) is 0 Å². The molecule has 1 aromatic heterocycles. The monoisotopic (exact) mass is 255 g/mol. The van der Waals surface area contributed by atoms with Crippen molar-refractivity contribution in [3.8, 4) is 0 Å². The molecule has 0 aliphatic carbocycles. The molecule has 6 nitrogen and oxygen atoms in total. The molecular formula is C12H21N3O3. The van der Waals surface area contributed by atoms with Crippen molar-refractivity contribution in [1.29, 1.82) is 0 Å². The van der Waals surface area contributed by atoms with E-state index < -0.39 is 0 Å². The highest BCUT2D eigenvalue weighted by Crippen LogP contribution is 2.03. The van der Waals surface area contributed by atoms with Crippen molar-refractivity contribution in [3.63, 3.8) is 0 Å². The Morgan fingerprint density at radius 2 is 2.28 bits per heavy atom. The highest BCUT2D eigenvalue weighted by Gasteiger charge is 2.09. The molecule has 2 N–H and O–H groups in total. The number of nitrogens with one attached hydrogen (secondary N) is 1. The number of aryl methyl sites for hydroxylation is 2. The van der Waals surface area contributed by atoms with Crippen LogP contribution in [-0.4, -0.2) is 34.3 Å². The minimum Gasteiger partial charge on any atom is -0.396 e. The SMILES string of the molecule is CCCc1noc(CCC(=O)NCC(C)CO)n1. The average molecular weight is 255 g/mol. The van der Waals surface area contributed by atoms with Gasteiger partial charge in [-0.3, -0.25) is 4.79 Å². The Morgan fingerprint density at radius 3 is 2.94 bits per heavy atom. The van der Waals surface area contributed by atoms with Crippen molar-refractivity contribution in [1.82, 2.24) is 15.5 Å². The van der Waals surface area contributed by atoms with Gasteiger partial charge in [-0.15, -0.1) is 0 Å². The summed E-state index contributed by atoms with van der Waals surface area (Å²) in [4.78, 5) is 15.7. The number of aromatic nitrogens is 2. The molecule has 0 saturated heterocycles. The van der Waals surface area contributed by atoms with Crippen LogP contribution in [0.25, 0.3) is 0 Å². The lowest BCUT2D eigenvalue weighted by Crippen LogP contribution is -2.29. The number of carbonyl (C=O) groups is 1. The van der Waals surface area contributed by atoms with E-state index in [1.807, 2.05) is 13.8 Å². The van der Waals surface area contributed by atoms with Gasteiger partial charge in [0.1, 0.15) is 0 Å². The average Bonchev–Trinajstić information content (AvgIpc) is 2.81. The van der Waals surface area contributed by atoms with E-state index in [9.17, 15) is 4.79 Å². The Labute approximate surface area is 107 Å². The molecule has 0 radical (unpaired) electrons. The predicted octanol–water partition coefficient (Wildman–Crippen LogP) is 0.699. The molecule has 18 heavy (non-hydrogen) atoms. The van der Waals surface area contributed by atoms with Gasteiger partial charge >= 0.3 is 0 Å². The quantitative estimate of drug-likeness (QED) is 0.714. The Hall–Kier alpha value is -1.43. The van der Waals surface area contributed by atoms with Crippen LogP contribution in [0.15, 0.2) is 4.52 Å². The first-order valence-corrected chi connectivity index (χ1v) is 6.34. The number of amides is 1. The number of hydrogen-bond donors (Lipinski definition) is 2. The Morgan fingerprint density at radius 1 is 1.50 bits per heavy atom. The summed E-state index contributed by atoms with van der Waals surface area (Å²) in [6.07, 6.45) is 2.55. The Balaban J connectivity index is 2.24. The molecule has 102 valence electrons. The first-order valence-electron chi connectivity index (χ1n) is 6.34. The summed E-state index contributed by atoms with van der Waals surface area (Å²) in [7, 11) is 0. The van der Waals surface area contributed by atoms with Crippen LogP contribution in [0.1, 0.15) is 38.4 Å². The number of rotatable bonds is 8. The van der Waals surface area contributed by atoms with Crippen molar-refractivity contribution in [2.24, 2.45) is 5.92 Å². The molecule has 0 aliphatic heterocycles. The maximum atomic E-state index is 11.5. The summed E-state index contributed by atoms with van der Waals surface area (Å²) in [6, 6.07) is 0. The largest absolute Gasteiger partial charge is 0.396 e. The summed E-state index contributed by atoms with van der Waals surface area (Å²) in [6.45, 7) is 4.48. The van der Waals surface area contributed by atoms with Crippen LogP contribution >= 0.6 is 0 Å². The Kier molecular flexibility index (Phi) is 6.35. The van der Waals surface area contributed by atoms with Crippen molar-refractivity contribution in [2.75, 3.05) is 13.2 Å². The van der Waals surface area contributed by atoms with E-state index in [0.717, 1.165) is 12.8 Å². The fourth-order valence-corrected chi connectivity index (χ4v) is 1.38. The molecule has 1 amide bonds. The van der Waals surface area contributed by atoms with Gasteiger partial charge in [-0.05, 0) is 12.3 Å². The molecule has 0 saturated carbocycles. The van der Waals surface area contributed by atoms with Crippen molar-refractivity contribution < 1.29 is 14.4 Å². The minimum absolute atomic E-state index is 0.0643. The third kappa shape index (κ3) is 5.27.